The van der Waals surface area contributed by atoms with Gasteiger partial charge in [-0.15, -0.1) is 0 Å². The van der Waals surface area contributed by atoms with Gasteiger partial charge in [0.2, 0.25) is 11.8 Å². The van der Waals surface area contributed by atoms with Crippen LogP contribution in [0.3, 0.4) is 0 Å². The van der Waals surface area contributed by atoms with E-state index in [2.05, 4.69) is 32.8 Å². The molecule has 2 fully saturated rings. The van der Waals surface area contributed by atoms with E-state index in [1.54, 1.807) is 26.2 Å². The predicted octanol–water partition coefficient (Wildman–Crippen LogP) is 3.82. The highest BCUT2D eigenvalue weighted by molar-refractivity contribution is 5.98. The van der Waals surface area contributed by atoms with Crippen LogP contribution in [0.15, 0.2) is 48.5 Å². The summed E-state index contributed by atoms with van der Waals surface area (Å²) in [7, 11) is 1.67. The minimum atomic E-state index is -0.819. The molecule has 2 heterocycles. The lowest BCUT2D eigenvalue weighted by molar-refractivity contribution is -0.131. The minimum absolute atomic E-state index is 0. The van der Waals surface area contributed by atoms with Crippen molar-refractivity contribution in [2.75, 3.05) is 26.8 Å². The monoisotopic (exact) mass is 585 g/mol. The van der Waals surface area contributed by atoms with E-state index in [1.165, 1.54) is 5.56 Å². The van der Waals surface area contributed by atoms with Crippen LogP contribution in [-0.4, -0.2) is 71.9 Å². The summed E-state index contributed by atoms with van der Waals surface area (Å²) >= 11 is 0. The maximum Gasteiger partial charge on any atom is 0.287 e. The Hall–Kier alpha value is -4.25. The smallest absolute Gasteiger partial charge is 0.287 e. The number of carbonyl (C=O) groups is 4. The van der Waals surface area contributed by atoms with Gasteiger partial charge in [0.25, 0.3) is 5.91 Å². The van der Waals surface area contributed by atoms with E-state index in [-0.39, 0.29) is 30.4 Å². The molecule has 2 atom stereocenters. The molecule has 2 aliphatic rings. The number of Topliss-reactive ketones (excluding diaryl/α,β-unsaturated/α-hetero) is 1. The number of amides is 3. The standard InChI is InChI=1S/C23H29N5O5.C8H10O.4H2/c1-23(13-33-23)20(31)17(10-14-6-2-3-7-14)26-19(30)12-24-18(29)11-25-22(32)21-27-15-8-4-5-9-16(15)28-21;1-7-3-5-8(9-2)6-4-7;;;;/h4-5,8-9,14,17H,2-3,6-7,10-13H2,1H3,(H,24,29)(H,25,32)(H,26,30)(H,27,28);3-6H,1-2H3;4*1H/t17-,23+;;;;;/m0...../s1. The van der Waals surface area contributed by atoms with Crippen LogP contribution >= 0.6 is 0 Å². The van der Waals surface area contributed by atoms with Crippen LogP contribution < -0.4 is 20.7 Å². The van der Waals surface area contributed by atoms with Crippen molar-refractivity contribution in [3.63, 3.8) is 0 Å². The third-order valence-electron chi connectivity index (χ3n) is 7.51. The maximum atomic E-state index is 12.8. The molecule has 0 spiro atoms. The first kappa shape index (κ1) is 30.7. The molecular weight excluding hydrogens is 538 g/mol. The molecule has 1 saturated heterocycles. The van der Waals surface area contributed by atoms with Crippen molar-refractivity contribution < 1.29 is 34.4 Å². The molecule has 3 amide bonds. The number of rotatable bonds is 11. The van der Waals surface area contributed by atoms with Crippen molar-refractivity contribution >= 4 is 34.5 Å². The van der Waals surface area contributed by atoms with Gasteiger partial charge >= 0.3 is 0 Å². The second-order valence-corrected chi connectivity index (χ2v) is 11.0. The number of ketones is 1. The fourth-order valence-electron chi connectivity index (χ4n) is 4.90. The number of fused-ring (bicyclic) bond motifs is 1. The Morgan fingerprint density at radius 2 is 1.71 bits per heavy atom. The van der Waals surface area contributed by atoms with Crippen LogP contribution in [0, 0.1) is 12.8 Å². The number of aryl methyl sites for hydroxylation is 1. The van der Waals surface area contributed by atoms with Crippen LogP contribution in [-0.2, 0) is 19.1 Å². The lowest BCUT2D eigenvalue weighted by atomic mass is 9.91. The van der Waals surface area contributed by atoms with Gasteiger partial charge in [-0.05, 0) is 50.5 Å². The van der Waals surface area contributed by atoms with Crippen molar-refractivity contribution in [3.8, 4) is 5.75 Å². The average Bonchev–Trinajstić information content (AvgIpc) is 3.36. The Labute approximate surface area is 251 Å². The van der Waals surface area contributed by atoms with Gasteiger partial charge in [0, 0.05) is 5.71 Å². The number of aromatic amines is 1. The number of hydrogen-bond donors (Lipinski definition) is 4. The van der Waals surface area contributed by atoms with E-state index in [0.717, 1.165) is 36.9 Å². The molecule has 1 aliphatic heterocycles. The number of benzene rings is 2. The summed E-state index contributed by atoms with van der Waals surface area (Å²) < 4.78 is 10.2. The first-order valence-electron chi connectivity index (χ1n) is 14.2. The van der Waals surface area contributed by atoms with E-state index < -0.39 is 29.4 Å². The van der Waals surface area contributed by atoms with Crippen molar-refractivity contribution in [2.45, 2.75) is 57.6 Å². The highest BCUT2D eigenvalue weighted by Gasteiger charge is 2.50. The van der Waals surface area contributed by atoms with Gasteiger partial charge in [-0.3, -0.25) is 19.2 Å². The number of nitrogens with one attached hydrogen (secondary N) is 4. The van der Waals surface area contributed by atoms with Gasteiger partial charge in [0.15, 0.2) is 11.6 Å². The average molecular weight is 586 g/mol. The Morgan fingerprint density at radius 3 is 2.36 bits per heavy atom. The lowest BCUT2D eigenvalue weighted by Gasteiger charge is -2.22. The molecule has 4 N–H and O–H groups in total. The van der Waals surface area contributed by atoms with Crippen molar-refractivity contribution in [2.24, 2.45) is 5.92 Å². The largest absolute Gasteiger partial charge is 0.497 e. The zero-order chi connectivity index (χ0) is 30.1. The molecular formula is C31H47N5O6. The number of imidazole rings is 1. The van der Waals surface area contributed by atoms with Crippen LogP contribution in [0.4, 0.5) is 0 Å². The highest BCUT2D eigenvalue weighted by atomic mass is 16.6. The van der Waals surface area contributed by atoms with Crippen LogP contribution in [0.2, 0.25) is 0 Å². The van der Waals surface area contributed by atoms with E-state index in [4.69, 9.17) is 9.47 Å². The number of para-hydroxylation sites is 2. The van der Waals surface area contributed by atoms with E-state index >= 15 is 0 Å². The summed E-state index contributed by atoms with van der Waals surface area (Å²) in [6, 6.07) is 14.5. The summed E-state index contributed by atoms with van der Waals surface area (Å²) in [5, 5.41) is 7.71. The number of aromatic nitrogens is 2. The Kier molecular flexibility index (Phi) is 10.3. The number of methoxy groups -OCH3 is 1. The second kappa shape index (κ2) is 14.1. The number of H-pyrrole nitrogens is 1. The van der Waals surface area contributed by atoms with Gasteiger partial charge in [-0.2, -0.15) is 0 Å². The maximum absolute atomic E-state index is 12.8. The SMILES string of the molecule is COc1ccc(C)cc1.C[C@]1(C(=O)[C@H](CC2CCCC2)NC(=O)CNC(=O)CNC(=O)c2nc3ccccc3[nH]2)CO1.[HH].[HH].[HH].[HH]. The molecule has 11 heteroatoms. The molecule has 5 rings (SSSR count). The highest BCUT2D eigenvalue weighted by Crippen LogP contribution is 2.33. The molecule has 1 aliphatic carbocycles. The Morgan fingerprint density at radius 1 is 1.05 bits per heavy atom. The molecule has 0 bridgehead atoms. The molecule has 0 radical (unpaired) electrons. The van der Waals surface area contributed by atoms with Crippen LogP contribution in [0.25, 0.3) is 11.0 Å². The normalized spacial score (nSPS) is 18.4. The molecule has 232 valence electrons. The Bertz CT molecular complexity index is 1380. The lowest BCUT2D eigenvalue weighted by Crippen LogP contribution is -2.50. The summed E-state index contributed by atoms with van der Waals surface area (Å²) in [6.45, 7) is 3.56. The topological polar surface area (TPSA) is 155 Å². The summed E-state index contributed by atoms with van der Waals surface area (Å²) in [4.78, 5) is 56.6. The summed E-state index contributed by atoms with van der Waals surface area (Å²) in [6.07, 6.45) is 4.98. The molecule has 3 aromatic rings. The van der Waals surface area contributed by atoms with Gasteiger partial charge in [-0.1, -0.05) is 55.5 Å². The first-order valence-corrected chi connectivity index (χ1v) is 14.2. The number of carbonyl (C=O) groups excluding carboxylic acids is 4. The summed E-state index contributed by atoms with van der Waals surface area (Å²) in [5.74, 6) is -0.188. The predicted molar refractivity (Wildman–Crippen MR) is 165 cm³/mol. The molecule has 1 saturated carbocycles. The van der Waals surface area contributed by atoms with Crippen LogP contribution in [0.1, 0.15) is 60.9 Å². The van der Waals surface area contributed by atoms with Gasteiger partial charge in [0.1, 0.15) is 11.4 Å². The van der Waals surface area contributed by atoms with Crippen LogP contribution in [0.5, 0.6) is 5.75 Å². The molecule has 2 aromatic carbocycles. The van der Waals surface area contributed by atoms with Crippen molar-refractivity contribution in [3.05, 3.63) is 59.9 Å². The van der Waals surface area contributed by atoms with Gasteiger partial charge in [-0.25, -0.2) is 4.98 Å². The molecule has 42 heavy (non-hydrogen) atoms. The first-order chi connectivity index (χ1) is 20.2. The molecule has 11 nitrogen and oxygen atoms in total. The van der Waals surface area contributed by atoms with Gasteiger partial charge < -0.3 is 30.4 Å². The van der Waals surface area contributed by atoms with Gasteiger partial charge in [0.05, 0.1) is 43.9 Å². The number of epoxide rings is 1. The Balaban J connectivity index is 0.00000136. The third kappa shape index (κ3) is 8.62. The summed E-state index contributed by atoms with van der Waals surface area (Å²) in [5.41, 5.74) is 1.81. The zero-order valence-corrected chi connectivity index (χ0v) is 24.3. The number of nitrogens with zero attached hydrogens (tertiary/aromatic N) is 1. The second-order valence-electron chi connectivity index (χ2n) is 11.0. The van der Waals surface area contributed by atoms with E-state index in [1.807, 2.05) is 36.4 Å². The fourth-order valence-corrected chi connectivity index (χ4v) is 4.90. The zero-order valence-electron chi connectivity index (χ0n) is 24.3. The van der Waals surface area contributed by atoms with Crippen molar-refractivity contribution in [1.29, 1.82) is 0 Å². The number of ether oxygens (including phenoxy) is 2. The van der Waals surface area contributed by atoms with E-state index in [0.29, 0.717) is 24.5 Å². The quantitative estimate of drug-likeness (QED) is 0.249. The fraction of sp³-hybridized carbons (Fsp3) is 0.452. The number of hydrogen-bond acceptors (Lipinski definition) is 7. The van der Waals surface area contributed by atoms with Crippen molar-refractivity contribution in [1.82, 2.24) is 25.9 Å². The minimum Gasteiger partial charge on any atom is -0.497 e. The molecule has 1 aromatic heterocycles. The molecule has 0 unspecified atom stereocenters. The third-order valence-corrected chi connectivity index (χ3v) is 7.51. The van der Waals surface area contributed by atoms with E-state index in [9.17, 15) is 19.2 Å².